The van der Waals surface area contributed by atoms with Crippen LogP contribution < -0.4 is 5.32 Å². The van der Waals surface area contributed by atoms with Gasteiger partial charge in [0.2, 0.25) is 0 Å². The van der Waals surface area contributed by atoms with E-state index in [1.807, 2.05) is 6.92 Å². The van der Waals surface area contributed by atoms with Crippen LogP contribution in [0, 0.1) is 6.92 Å². The van der Waals surface area contributed by atoms with Crippen LogP contribution in [0.25, 0.3) is 0 Å². The van der Waals surface area contributed by atoms with E-state index in [0.29, 0.717) is 5.92 Å². The normalized spacial score (nSPS) is 18.7. The Bertz CT molecular complexity index is 453. The van der Waals surface area contributed by atoms with E-state index in [9.17, 15) is 4.79 Å². The first-order valence-corrected chi connectivity index (χ1v) is 7.99. The Hall–Kier alpha value is -0.980. The van der Waals surface area contributed by atoms with Gasteiger partial charge in [0, 0.05) is 30.4 Å². The zero-order chi connectivity index (χ0) is 14.5. The van der Waals surface area contributed by atoms with Gasteiger partial charge in [-0.05, 0) is 26.4 Å². The molecule has 0 spiro atoms. The molecule has 2 rings (SSSR count). The van der Waals surface area contributed by atoms with E-state index in [2.05, 4.69) is 22.1 Å². The third-order valence-electron chi connectivity index (χ3n) is 3.61. The van der Waals surface area contributed by atoms with E-state index in [0.717, 1.165) is 48.3 Å². The molecule has 1 fully saturated rings. The molecule has 1 aromatic heterocycles. The van der Waals surface area contributed by atoms with Crippen molar-refractivity contribution in [1.82, 2.24) is 15.2 Å². The molecule has 1 saturated heterocycles. The molecule has 1 aromatic rings. The van der Waals surface area contributed by atoms with Gasteiger partial charge in [-0.2, -0.15) is 0 Å². The third-order valence-corrected chi connectivity index (χ3v) is 5.00. The molecule has 0 amide bonds. The third kappa shape index (κ3) is 4.26. The summed E-state index contributed by atoms with van der Waals surface area (Å²) in [5.41, 5.74) is 0.872. The first-order valence-electron chi connectivity index (χ1n) is 7.17. The topological polar surface area (TPSA) is 65.5 Å². The average molecular weight is 297 g/mol. The first kappa shape index (κ1) is 15.4. The molecular weight excluding hydrogens is 274 g/mol. The van der Waals surface area contributed by atoms with Crippen LogP contribution in [-0.2, 0) is 11.2 Å². The predicted molar refractivity (Wildman–Crippen MR) is 80.5 cm³/mol. The lowest BCUT2D eigenvalue weighted by atomic mass is 10.1. The van der Waals surface area contributed by atoms with Crippen molar-refractivity contribution in [2.45, 2.75) is 32.6 Å². The second kappa shape index (κ2) is 7.15. The lowest BCUT2D eigenvalue weighted by Gasteiger charge is -2.22. The molecule has 1 atom stereocenters. The standard InChI is InChI=1S/C14H23N3O2S/c1-10(9-17-6-3-4-15-5-7-17)14-16-11(2)12(20-14)8-13(18)19/h10,15H,3-9H2,1-2H3,(H,18,19). The smallest absolute Gasteiger partial charge is 0.308 e. The van der Waals surface area contributed by atoms with Crippen molar-refractivity contribution in [3.63, 3.8) is 0 Å². The van der Waals surface area contributed by atoms with Crippen LogP contribution in [-0.4, -0.2) is 53.7 Å². The summed E-state index contributed by atoms with van der Waals surface area (Å²) in [6.45, 7) is 9.45. The van der Waals surface area contributed by atoms with E-state index in [-0.39, 0.29) is 6.42 Å². The van der Waals surface area contributed by atoms with Gasteiger partial charge in [-0.25, -0.2) is 4.98 Å². The summed E-state index contributed by atoms with van der Waals surface area (Å²) in [6.07, 6.45) is 1.28. The highest BCUT2D eigenvalue weighted by atomic mass is 32.1. The van der Waals surface area contributed by atoms with Crippen LogP contribution >= 0.6 is 11.3 Å². The summed E-state index contributed by atoms with van der Waals surface area (Å²) in [5, 5.41) is 13.4. The minimum atomic E-state index is -0.783. The number of carboxylic acids is 1. The van der Waals surface area contributed by atoms with E-state index >= 15 is 0 Å². The second-order valence-corrected chi connectivity index (χ2v) is 6.55. The van der Waals surface area contributed by atoms with Crippen LogP contribution in [0.5, 0.6) is 0 Å². The molecule has 0 bridgehead atoms. The van der Waals surface area contributed by atoms with Gasteiger partial charge in [-0.1, -0.05) is 6.92 Å². The molecule has 0 aromatic carbocycles. The van der Waals surface area contributed by atoms with Crippen molar-refractivity contribution in [2.24, 2.45) is 0 Å². The van der Waals surface area contributed by atoms with Crippen molar-refractivity contribution in [3.8, 4) is 0 Å². The van der Waals surface area contributed by atoms with Crippen LogP contribution in [0.3, 0.4) is 0 Å². The zero-order valence-corrected chi connectivity index (χ0v) is 13.0. The van der Waals surface area contributed by atoms with E-state index < -0.39 is 5.97 Å². The fourth-order valence-corrected chi connectivity index (χ4v) is 3.61. The van der Waals surface area contributed by atoms with Gasteiger partial charge in [-0.3, -0.25) is 4.79 Å². The first-order chi connectivity index (χ1) is 9.56. The maximum absolute atomic E-state index is 10.8. The molecule has 2 heterocycles. The molecule has 0 aliphatic carbocycles. The molecule has 5 nitrogen and oxygen atoms in total. The molecule has 1 aliphatic heterocycles. The highest BCUT2D eigenvalue weighted by molar-refractivity contribution is 7.11. The fraction of sp³-hybridized carbons (Fsp3) is 0.714. The Morgan fingerprint density at radius 3 is 3.05 bits per heavy atom. The average Bonchev–Trinajstić information content (AvgIpc) is 2.61. The minimum absolute atomic E-state index is 0.0872. The molecule has 6 heteroatoms. The van der Waals surface area contributed by atoms with Crippen LogP contribution in [0.1, 0.15) is 34.8 Å². The molecule has 1 unspecified atom stereocenters. The number of aromatic nitrogens is 1. The molecule has 112 valence electrons. The molecule has 1 aliphatic rings. The number of thiazole rings is 1. The number of nitrogens with zero attached hydrogens (tertiary/aromatic N) is 2. The Balaban J connectivity index is 1.97. The zero-order valence-electron chi connectivity index (χ0n) is 12.2. The molecule has 0 radical (unpaired) electrons. The highest BCUT2D eigenvalue weighted by Crippen LogP contribution is 2.26. The Labute approximate surface area is 124 Å². The number of aryl methyl sites for hydroxylation is 1. The Kier molecular flexibility index (Phi) is 5.51. The predicted octanol–water partition coefficient (Wildman–Crippen LogP) is 1.48. The van der Waals surface area contributed by atoms with Gasteiger partial charge >= 0.3 is 5.97 Å². The lowest BCUT2D eigenvalue weighted by molar-refractivity contribution is -0.136. The number of hydrogen-bond donors (Lipinski definition) is 2. The summed E-state index contributed by atoms with van der Waals surface area (Å²) in [6, 6.07) is 0. The van der Waals surface area contributed by atoms with Gasteiger partial charge < -0.3 is 15.3 Å². The monoisotopic (exact) mass is 297 g/mol. The largest absolute Gasteiger partial charge is 0.481 e. The molecule has 2 N–H and O–H groups in total. The fourth-order valence-electron chi connectivity index (χ4n) is 2.51. The number of rotatable bonds is 5. The number of aliphatic carboxylic acids is 1. The van der Waals surface area contributed by atoms with Crippen molar-refractivity contribution < 1.29 is 9.90 Å². The number of carbonyl (C=O) groups is 1. The van der Waals surface area contributed by atoms with Gasteiger partial charge in [0.25, 0.3) is 0 Å². The second-order valence-electron chi connectivity index (χ2n) is 5.44. The van der Waals surface area contributed by atoms with Crippen molar-refractivity contribution in [1.29, 1.82) is 0 Å². The minimum Gasteiger partial charge on any atom is -0.481 e. The Morgan fingerprint density at radius 1 is 1.50 bits per heavy atom. The van der Waals surface area contributed by atoms with Gasteiger partial charge in [-0.15, -0.1) is 11.3 Å². The van der Waals surface area contributed by atoms with Gasteiger partial charge in [0.05, 0.1) is 17.1 Å². The molecule has 20 heavy (non-hydrogen) atoms. The van der Waals surface area contributed by atoms with Gasteiger partial charge in [0.15, 0.2) is 0 Å². The molecule has 0 saturated carbocycles. The summed E-state index contributed by atoms with van der Waals surface area (Å²) < 4.78 is 0. The summed E-state index contributed by atoms with van der Waals surface area (Å²) in [7, 11) is 0. The summed E-state index contributed by atoms with van der Waals surface area (Å²) in [4.78, 5) is 18.7. The van der Waals surface area contributed by atoms with E-state index in [1.165, 1.54) is 6.42 Å². The maximum atomic E-state index is 10.8. The lowest BCUT2D eigenvalue weighted by Crippen LogP contribution is -2.31. The van der Waals surface area contributed by atoms with E-state index in [1.54, 1.807) is 11.3 Å². The van der Waals surface area contributed by atoms with Crippen molar-refractivity contribution in [3.05, 3.63) is 15.6 Å². The van der Waals surface area contributed by atoms with Crippen LogP contribution in [0.4, 0.5) is 0 Å². The van der Waals surface area contributed by atoms with Crippen molar-refractivity contribution >= 4 is 17.3 Å². The Morgan fingerprint density at radius 2 is 2.30 bits per heavy atom. The maximum Gasteiger partial charge on any atom is 0.308 e. The number of carboxylic acid groups (broad SMARTS) is 1. The van der Waals surface area contributed by atoms with Gasteiger partial charge in [0.1, 0.15) is 0 Å². The number of nitrogens with one attached hydrogen (secondary N) is 1. The quantitative estimate of drug-likeness (QED) is 0.862. The van der Waals surface area contributed by atoms with Crippen molar-refractivity contribution in [2.75, 3.05) is 32.7 Å². The molecular formula is C14H23N3O2S. The van der Waals surface area contributed by atoms with E-state index in [4.69, 9.17) is 5.11 Å². The summed E-state index contributed by atoms with van der Waals surface area (Å²) >= 11 is 1.56. The van der Waals surface area contributed by atoms with Crippen LogP contribution in [0.15, 0.2) is 0 Å². The number of hydrogen-bond acceptors (Lipinski definition) is 5. The highest BCUT2D eigenvalue weighted by Gasteiger charge is 2.18. The SMILES string of the molecule is Cc1nc(C(C)CN2CCCNCC2)sc1CC(=O)O. The van der Waals surface area contributed by atoms with Crippen LogP contribution in [0.2, 0.25) is 0 Å². The summed E-state index contributed by atoms with van der Waals surface area (Å²) in [5.74, 6) is -0.422.